The summed E-state index contributed by atoms with van der Waals surface area (Å²) in [5, 5.41) is 13.2. The quantitative estimate of drug-likeness (QED) is 0.807. The van der Waals surface area contributed by atoms with Crippen molar-refractivity contribution in [2.45, 2.75) is 12.2 Å². The van der Waals surface area contributed by atoms with Crippen LogP contribution in [0, 0.1) is 0 Å². The maximum atomic E-state index is 13.0. The van der Waals surface area contributed by atoms with Crippen LogP contribution in [0.15, 0.2) is 29.3 Å². The predicted molar refractivity (Wildman–Crippen MR) is 78.2 cm³/mol. The molecule has 0 aliphatic carbocycles. The minimum atomic E-state index is -4.60. The van der Waals surface area contributed by atoms with Crippen LogP contribution < -0.4 is 5.32 Å². The molecule has 0 bridgehead atoms. The molecule has 1 aliphatic heterocycles. The summed E-state index contributed by atoms with van der Waals surface area (Å²) in [4.78, 5) is 1.99. The fourth-order valence-corrected chi connectivity index (χ4v) is 2.97. The molecule has 21 heavy (non-hydrogen) atoms. The summed E-state index contributed by atoms with van der Waals surface area (Å²) in [6, 6.07) is 1.95. The number of hydrogen-bond acceptors (Lipinski definition) is 3. The Morgan fingerprint density at radius 2 is 1.95 bits per heavy atom. The monoisotopic (exact) mass is 364 g/mol. The Labute approximate surface area is 129 Å². The van der Waals surface area contributed by atoms with E-state index in [0.717, 1.165) is 19.2 Å². The Hall–Kier alpha value is -1.05. The summed E-state index contributed by atoms with van der Waals surface area (Å²) in [5.74, 6) is -0.728. The van der Waals surface area contributed by atoms with E-state index in [-0.39, 0.29) is 10.0 Å². The second-order valence-electron chi connectivity index (χ2n) is 4.86. The molecule has 0 saturated carbocycles. The van der Waals surface area contributed by atoms with Crippen molar-refractivity contribution in [1.29, 1.82) is 0 Å². The van der Waals surface area contributed by atoms with Crippen LogP contribution >= 0.6 is 15.9 Å². The van der Waals surface area contributed by atoms with Crippen LogP contribution in [0.1, 0.15) is 17.2 Å². The number of piperazine rings is 1. The Morgan fingerprint density at radius 1 is 1.33 bits per heavy atom. The minimum absolute atomic E-state index is 0.216. The molecule has 0 aromatic heterocycles. The molecular formula is C14H16BrF3N2O. The van der Waals surface area contributed by atoms with Gasteiger partial charge < -0.3 is 10.4 Å². The lowest BCUT2D eigenvalue weighted by Crippen LogP contribution is -2.44. The summed E-state index contributed by atoms with van der Waals surface area (Å²) in [7, 11) is 0. The fraction of sp³-hybridized carbons (Fsp3) is 0.429. The molecule has 1 fully saturated rings. The van der Waals surface area contributed by atoms with Crippen molar-refractivity contribution >= 4 is 15.9 Å². The molecule has 2 N–H and O–H groups in total. The van der Waals surface area contributed by atoms with E-state index in [1.54, 1.807) is 6.08 Å². The van der Waals surface area contributed by atoms with Gasteiger partial charge in [0, 0.05) is 36.2 Å². The maximum absolute atomic E-state index is 13.0. The Kier molecular flexibility index (Phi) is 4.95. The van der Waals surface area contributed by atoms with Gasteiger partial charge in [-0.15, -0.1) is 6.58 Å². The summed E-state index contributed by atoms with van der Waals surface area (Å²) in [5.41, 5.74) is -0.817. The zero-order valence-electron chi connectivity index (χ0n) is 11.3. The molecule has 1 saturated heterocycles. The highest BCUT2D eigenvalue weighted by molar-refractivity contribution is 9.10. The van der Waals surface area contributed by atoms with E-state index in [9.17, 15) is 18.3 Å². The van der Waals surface area contributed by atoms with Crippen molar-refractivity contribution in [3.63, 3.8) is 0 Å². The van der Waals surface area contributed by atoms with Crippen molar-refractivity contribution in [2.24, 2.45) is 0 Å². The van der Waals surface area contributed by atoms with Gasteiger partial charge in [0.2, 0.25) is 0 Å². The van der Waals surface area contributed by atoms with Crippen LogP contribution in [0.3, 0.4) is 0 Å². The predicted octanol–water partition coefficient (Wildman–Crippen LogP) is 3.31. The van der Waals surface area contributed by atoms with Gasteiger partial charge in [0.25, 0.3) is 0 Å². The van der Waals surface area contributed by atoms with Gasteiger partial charge in [-0.2, -0.15) is 13.2 Å². The van der Waals surface area contributed by atoms with E-state index in [4.69, 9.17) is 0 Å². The van der Waals surface area contributed by atoms with Gasteiger partial charge in [0.15, 0.2) is 0 Å². The van der Waals surface area contributed by atoms with E-state index >= 15 is 0 Å². The first-order chi connectivity index (χ1) is 9.84. The van der Waals surface area contributed by atoms with Crippen LogP contribution in [-0.4, -0.2) is 36.2 Å². The number of benzene rings is 1. The number of aromatic hydroxyl groups is 1. The number of phenols is 1. The van der Waals surface area contributed by atoms with Crippen LogP contribution in [0.25, 0.3) is 0 Å². The van der Waals surface area contributed by atoms with Crippen LogP contribution in [0.5, 0.6) is 5.75 Å². The molecular weight excluding hydrogens is 349 g/mol. The number of nitrogens with one attached hydrogen (secondary N) is 1. The normalized spacial score (nSPS) is 18.5. The second kappa shape index (κ2) is 6.37. The lowest BCUT2D eigenvalue weighted by Gasteiger charge is -2.34. The van der Waals surface area contributed by atoms with Crippen molar-refractivity contribution in [3.8, 4) is 5.75 Å². The van der Waals surface area contributed by atoms with E-state index < -0.39 is 23.5 Å². The highest BCUT2D eigenvalue weighted by Crippen LogP contribution is 2.42. The third kappa shape index (κ3) is 3.59. The molecule has 1 aromatic carbocycles. The largest absolute Gasteiger partial charge is 0.507 e. The average Bonchev–Trinajstić information content (AvgIpc) is 2.43. The Morgan fingerprint density at radius 3 is 2.48 bits per heavy atom. The summed E-state index contributed by atoms with van der Waals surface area (Å²) >= 11 is 3.08. The number of rotatable bonds is 3. The van der Waals surface area contributed by atoms with Crippen LogP contribution in [0.4, 0.5) is 13.2 Å². The van der Waals surface area contributed by atoms with E-state index in [1.165, 1.54) is 6.07 Å². The maximum Gasteiger partial charge on any atom is 0.420 e. The fourth-order valence-electron chi connectivity index (χ4n) is 2.49. The lowest BCUT2D eigenvalue weighted by molar-refractivity contribution is -0.138. The first-order valence-corrected chi connectivity index (χ1v) is 7.31. The zero-order valence-corrected chi connectivity index (χ0v) is 12.8. The number of hydrogen-bond donors (Lipinski definition) is 2. The highest BCUT2D eigenvalue weighted by Gasteiger charge is 2.36. The summed E-state index contributed by atoms with van der Waals surface area (Å²) in [6.45, 7) is 6.58. The first-order valence-electron chi connectivity index (χ1n) is 6.51. The van der Waals surface area contributed by atoms with Gasteiger partial charge in [-0.05, 0) is 12.1 Å². The van der Waals surface area contributed by atoms with E-state index in [2.05, 4.69) is 27.8 Å². The summed E-state index contributed by atoms with van der Waals surface area (Å²) in [6.07, 6.45) is -3.04. The second-order valence-corrected chi connectivity index (χ2v) is 5.77. The molecule has 116 valence electrons. The van der Waals surface area contributed by atoms with Gasteiger partial charge in [-0.1, -0.05) is 22.0 Å². The van der Waals surface area contributed by atoms with E-state index in [0.29, 0.717) is 13.1 Å². The van der Waals surface area contributed by atoms with Gasteiger partial charge in [-0.25, -0.2) is 0 Å². The van der Waals surface area contributed by atoms with Crippen molar-refractivity contribution < 1.29 is 18.3 Å². The molecule has 0 radical (unpaired) electrons. The van der Waals surface area contributed by atoms with Crippen molar-refractivity contribution in [1.82, 2.24) is 10.2 Å². The number of halogens is 4. The Bertz CT molecular complexity index is 528. The molecule has 3 nitrogen and oxygen atoms in total. The number of phenolic OH excluding ortho intramolecular Hbond substituents is 1. The van der Waals surface area contributed by atoms with Gasteiger partial charge >= 0.3 is 6.18 Å². The van der Waals surface area contributed by atoms with Gasteiger partial charge in [0.05, 0.1) is 11.6 Å². The first kappa shape index (κ1) is 16.3. The molecule has 1 aliphatic rings. The van der Waals surface area contributed by atoms with Crippen LogP contribution in [0.2, 0.25) is 0 Å². The average molecular weight is 365 g/mol. The number of alkyl halides is 3. The molecule has 0 spiro atoms. The molecule has 1 heterocycles. The smallest absolute Gasteiger partial charge is 0.420 e. The zero-order chi connectivity index (χ0) is 15.6. The minimum Gasteiger partial charge on any atom is -0.507 e. The van der Waals surface area contributed by atoms with Crippen molar-refractivity contribution in [3.05, 3.63) is 40.4 Å². The number of nitrogens with zero attached hydrogens (tertiary/aromatic N) is 1. The SMILES string of the molecule is C=C[C@H](c1cc(Br)cc(C(F)(F)F)c1O)N1CCNCC1. The molecule has 0 unspecified atom stereocenters. The molecule has 1 aromatic rings. The third-order valence-electron chi connectivity index (χ3n) is 3.50. The molecule has 7 heteroatoms. The van der Waals surface area contributed by atoms with E-state index in [1.807, 2.05) is 4.90 Å². The lowest BCUT2D eigenvalue weighted by atomic mass is 10.00. The topological polar surface area (TPSA) is 35.5 Å². The molecule has 1 atom stereocenters. The highest BCUT2D eigenvalue weighted by atomic mass is 79.9. The standard InChI is InChI=1S/C14H16BrF3N2O/c1-2-12(20-5-3-19-4-6-20)10-7-9(15)8-11(13(10)21)14(16,17)18/h2,7-8,12,19,21H,1,3-6H2/t12-/m1/s1. The van der Waals surface area contributed by atoms with Gasteiger partial charge in [-0.3, -0.25) is 4.90 Å². The van der Waals surface area contributed by atoms with Crippen LogP contribution in [-0.2, 0) is 6.18 Å². The summed E-state index contributed by atoms with van der Waals surface area (Å²) < 4.78 is 39.2. The van der Waals surface area contributed by atoms with Crippen molar-refractivity contribution in [2.75, 3.05) is 26.2 Å². The molecule has 2 rings (SSSR count). The Balaban J connectivity index is 2.45. The third-order valence-corrected chi connectivity index (χ3v) is 3.95. The molecule has 0 amide bonds. The van der Waals surface area contributed by atoms with Gasteiger partial charge in [0.1, 0.15) is 5.75 Å².